The molecule has 2 N–H and O–H groups in total. The molecule has 0 saturated heterocycles. The predicted molar refractivity (Wildman–Crippen MR) is 71.6 cm³/mol. The highest BCUT2D eigenvalue weighted by Gasteiger charge is 2.09. The maximum absolute atomic E-state index is 11.9. The number of carbonyl (C=O) groups excluding carboxylic acids is 1. The van der Waals surface area contributed by atoms with Gasteiger partial charge >= 0.3 is 0 Å². The van der Waals surface area contributed by atoms with Crippen molar-refractivity contribution < 1.29 is 4.79 Å². The lowest BCUT2D eigenvalue weighted by Crippen LogP contribution is -2.31. The Bertz CT molecular complexity index is 388. The van der Waals surface area contributed by atoms with Crippen molar-refractivity contribution in [3.8, 4) is 0 Å². The molecule has 1 aromatic rings. The van der Waals surface area contributed by atoms with Crippen LogP contribution in [0.15, 0.2) is 18.2 Å². The number of rotatable bonds is 5. The molecule has 0 bridgehead atoms. The average molecular weight is 235 g/mol. The zero-order valence-electron chi connectivity index (χ0n) is 11.0. The van der Waals surface area contributed by atoms with Gasteiger partial charge in [-0.3, -0.25) is 4.79 Å². The Morgan fingerprint density at radius 3 is 2.65 bits per heavy atom. The molecular weight excluding hydrogens is 214 g/mol. The first-order chi connectivity index (χ1) is 8.04. The second-order valence-electron chi connectivity index (χ2n) is 4.36. The van der Waals surface area contributed by atoms with Crippen LogP contribution in [-0.2, 0) is 0 Å². The number of carbonyl (C=O) groups is 1. The molecule has 4 nitrogen and oxygen atoms in total. The molecule has 0 atom stereocenters. The molecule has 94 valence electrons. The highest BCUT2D eigenvalue weighted by molar-refractivity contribution is 5.99. The molecule has 1 rings (SSSR count). The smallest absolute Gasteiger partial charge is 0.253 e. The van der Waals surface area contributed by atoms with E-state index >= 15 is 0 Å². The number of benzene rings is 1. The Morgan fingerprint density at radius 2 is 2.06 bits per heavy atom. The van der Waals surface area contributed by atoms with Crippen LogP contribution < -0.4 is 10.6 Å². The lowest BCUT2D eigenvalue weighted by Gasteiger charge is -2.13. The maximum Gasteiger partial charge on any atom is 0.253 e. The van der Waals surface area contributed by atoms with Crippen LogP contribution in [0.4, 0.5) is 5.69 Å². The Balaban J connectivity index is 2.68. The summed E-state index contributed by atoms with van der Waals surface area (Å²) in [5.74, 6) is -0.0313. The number of nitrogens with zero attached hydrogens (tertiary/aromatic N) is 1. The molecule has 0 aliphatic rings. The topological polar surface area (TPSA) is 44.4 Å². The molecule has 0 radical (unpaired) electrons. The van der Waals surface area contributed by atoms with E-state index in [0.717, 1.165) is 17.8 Å². The Labute approximate surface area is 103 Å². The van der Waals surface area contributed by atoms with Crippen molar-refractivity contribution in [2.45, 2.75) is 6.92 Å². The van der Waals surface area contributed by atoms with E-state index in [-0.39, 0.29) is 5.91 Å². The first kappa shape index (κ1) is 13.5. The summed E-state index contributed by atoms with van der Waals surface area (Å²) in [5.41, 5.74) is 2.70. The summed E-state index contributed by atoms with van der Waals surface area (Å²) in [5, 5.41) is 5.95. The van der Waals surface area contributed by atoms with E-state index < -0.39 is 0 Å². The van der Waals surface area contributed by atoms with Gasteiger partial charge in [-0.2, -0.15) is 0 Å². The van der Waals surface area contributed by atoms with Crippen molar-refractivity contribution in [3.05, 3.63) is 29.3 Å². The van der Waals surface area contributed by atoms with Crippen molar-refractivity contribution in [3.63, 3.8) is 0 Å². The fourth-order valence-corrected chi connectivity index (χ4v) is 1.55. The molecule has 0 fully saturated rings. The largest absolute Gasteiger partial charge is 0.387 e. The second kappa shape index (κ2) is 6.25. The van der Waals surface area contributed by atoms with Crippen molar-refractivity contribution in [2.75, 3.05) is 39.5 Å². The average Bonchev–Trinajstić information content (AvgIpc) is 2.28. The summed E-state index contributed by atoms with van der Waals surface area (Å²) in [6, 6.07) is 5.77. The van der Waals surface area contributed by atoms with Crippen LogP contribution in [0.1, 0.15) is 15.9 Å². The van der Waals surface area contributed by atoms with E-state index in [1.165, 1.54) is 0 Å². The zero-order valence-corrected chi connectivity index (χ0v) is 11.0. The number of hydrogen-bond donors (Lipinski definition) is 2. The summed E-state index contributed by atoms with van der Waals surface area (Å²) in [7, 11) is 5.79. The fourth-order valence-electron chi connectivity index (χ4n) is 1.55. The van der Waals surface area contributed by atoms with E-state index in [0.29, 0.717) is 12.1 Å². The number of likely N-dealkylation sites (N-methyl/N-ethyl adjacent to an activating group) is 1. The fraction of sp³-hybridized carbons (Fsp3) is 0.462. The van der Waals surface area contributed by atoms with Crippen molar-refractivity contribution >= 4 is 11.6 Å². The van der Waals surface area contributed by atoms with Crippen LogP contribution in [0.3, 0.4) is 0 Å². The monoisotopic (exact) mass is 235 g/mol. The van der Waals surface area contributed by atoms with Gasteiger partial charge in [-0.15, -0.1) is 0 Å². The molecule has 0 aliphatic carbocycles. The minimum atomic E-state index is -0.0313. The number of nitrogens with one attached hydrogen (secondary N) is 2. The highest BCUT2D eigenvalue weighted by Crippen LogP contribution is 2.16. The van der Waals surface area contributed by atoms with Gasteiger partial charge in [0.2, 0.25) is 0 Å². The number of hydrogen-bond acceptors (Lipinski definition) is 3. The first-order valence-electron chi connectivity index (χ1n) is 5.76. The van der Waals surface area contributed by atoms with Crippen LogP contribution in [0.25, 0.3) is 0 Å². The molecule has 0 heterocycles. The van der Waals surface area contributed by atoms with Gasteiger partial charge in [0, 0.05) is 25.8 Å². The summed E-state index contributed by atoms with van der Waals surface area (Å²) < 4.78 is 0. The zero-order chi connectivity index (χ0) is 12.8. The van der Waals surface area contributed by atoms with E-state index in [2.05, 4.69) is 10.6 Å². The minimum Gasteiger partial charge on any atom is -0.387 e. The van der Waals surface area contributed by atoms with Crippen molar-refractivity contribution in [2.24, 2.45) is 0 Å². The third-order valence-corrected chi connectivity index (χ3v) is 2.53. The number of aryl methyl sites for hydroxylation is 1. The maximum atomic E-state index is 11.9. The van der Waals surface area contributed by atoms with Gasteiger partial charge in [0.05, 0.1) is 5.56 Å². The SMILES string of the molecule is CNc1cc(C)ccc1C(=O)NCCN(C)C. The summed E-state index contributed by atoms with van der Waals surface area (Å²) in [4.78, 5) is 14.0. The molecule has 4 heteroatoms. The van der Waals surface area contributed by atoms with Crippen LogP contribution in [-0.4, -0.2) is 45.0 Å². The third-order valence-electron chi connectivity index (χ3n) is 2.53. The standard InChI is InChI=1S/C13H21N3O/c1-10-5-6-11(12(9-10)14-2)13(17)15-7-8-16(3)4/h5-6,9,14H,7-8H2,1-4H3,(H,15,17). The van der Waals surface area contributed by atoms with E-state index in [1.807, 2.05) is 51.2 Å². The molecule has 0 aliphatic heterocycles. The van der Waals surface area contributed by atoms with Gasteiger partial charge in [0.15, 0.2) is 0 Å². The van der Waals surface area contributed by atoms with Gasteiger partial charge in [0.25, 0.3) is 5.91 Å². The predicted octanol–water partition coefficient (Wildman–Crippen LogP) is 1.33. The highest BCUT2D eigenvalue weighted by atomic mass is 16.1. The van der Waals surface area contributed by atoms with Crippen LogP contribution in [0.5, 0.6) is 0 Å². The summed E-state index contributed by atoms with van der Waals surface area (Å²) in [6.07, 6.45) is 0. The van der Waals surface area contributed by atoms with E-state index in [9.17, 15) is 4.79 Å². The van der Waals surface area contributed by atoms with Gasteiger partial charge in [-0.1, -0.05) is 6.07 Å². The van der Waals surface area contributed by atoms with Crippen molar-refractivity contribution in [1.82, 2.24) is 10.2 Å². The Kier molecular flexibility index (Phi) is 4.97. The second-order valence-corrected chi connectivity index (χ2v) is 4.36. The quantitative estimate of drug-likeness (QED) is 0.809. The van der Waals surface area contributed by atoms with Crippen LogP contribution >= 0.6 is 0 Å². The number of anilines is 1. The Hall–Kier alpha value is -1.55. The third kappa shape index (κ3) is 4.07. The Morgan fingerprint density at radius 1 is 1.35 bits per heavy atom. The van der Waals surface area contributed by atoms with Crippen molar-refractivity contribution in [1.29, 1.82) is 0 Å². The molecular formula is C13H21N3O. The molecule has 1 aromatic carbocycles. The minimum absolute atomic E-state index is 0.0313. The van der Waals surface area contributed by atoms with Gasteiger partial charge < -0.3 is 15.5 Å². The molecule has 0 saturated carbocycles. The van der Waals surface area contributed by atoms with E-state index in [4.69, 9.17) is 0 Å². The first-order valence-corrected chi connectivity index (χ1v) is 5.76. The lowest BCUT2D eigenvalue weighted by atomic mass is 10.1. The molecule has 0 aromatic heterocycles. The van der Waals surface area contributed by atoms with Gasteiger partial charge in [-0.05, 0) is 38.7 Å². The van der Waals surface area contributed by atoms with E-state index in [1.54, 1.807) is 0 Å². The van der Waals surface area contributed by atoms with Crippen LogP contribution in [0, 0.1) is 6.92 Å². The van der Waals surface area contributed by atoms with Gasteiger partial charge in [0.1, 0.15) is 0 Å². The molecule has 0 spiro atoms. The molecule has 1 amide bonds. The van der Waals surface area contributed by atoms with Gasteiger partial charge in [-0.25, -0.2) is 0 Å². The molecule has 0 unspecified atom stereocenters. The lowest BCUT2D eigenvalue weighted by molar-refractivity contribution is 0.0952. The number of amides is 1. The molecule has 17 heavy (non-hydrogen) atoms. The summed E-state index contributed by atoms with van der Waals surface area (Å²) >= 11 is 0. The van der Waals surface area contributed by atoms with Crippen LogP contribution in [0.2, 0.25) is 0 Å². The normalized spacial score (nSPS) is 10.4. The summed E-state index contributed by atoms with van der Waals surface area (Å²) in [6.45, 7) is 3.50.